The molecule has 3 atom stereocenters. The fourth-order valence-electron chi connectivity index (χ4n) is 3.07. The van der Waals surface area contributed by atoms with Crippen molar-refractivity contribution in [3.8, 4) is 5.75 Å². The lowest BCUT2D eigenvalue weighted by Gasteiger charge is -2.27. The number of hydrogen-bond donors (Lipinski definition) is 2. The summed E-state index contributed by atoms with van der Waals surface area (Å²) in [5, 5.41) is 12.3. The molecule has 1 saturated carbocycles. The molecule has 0 spiro atoms. The number of ketones is 1. The maximum Gasteiger partial charge on any atom is 0.159 e. The van der Waals surface area contributed by atoms with Gasteiger partial charge < -0.3 is 15.2 Å². The second-order valence-corrected chi connectivity index (χ2v) is 6.44. The highest BCUT2D eigenvalue weighted by molar-refractivity contribution is 5.94. The topological polar surface area (TPSA) is 63.1 Å². The van der Waals surface area contributed by atoms with Crippen molar-refractivity contribution in [2.75, 3.05) is 13.2 Å². The van der Waals surface area contributed by atoms with E-state index in [-0.39, 0.29) is 12.4 Å². The Kier molecular flexibility index (Phi) is 6.40. The van der Waals surface area contributed by atoms with E-state index in [0.29, 0.717) is 23.9 Å². The fourth-order valence-corrected chi connectivity index (χ4v) is 3.07. The van der Waals surface area contributed by atoms with Crippen LogP contribution in [0.5, 0.6) is 5.75 Å². The predicted octanol–water partition coefficient (Wildman–Crippen LogP) is 1.77. The van der Waals surface area contributed by atoms with E-state index in [1.807, 2.05) is 0 Å². The number of rotatable bonds is 7. The SMILES string of the molecule is CC(=O)c1ccc(OC[C@@H](O)C[NH2+][C@@H]2CCCC[C@@H]2C)cc1. The third kappa shape index (κ3) is 5.11. The van der Waals surface area contributed by atoms with Gasteiger partial charge in [-0.3, -0.25) is 4.79 Å². The molecule has 3 N–H and O–H groups in total. The summed E-state index contributed by atoms with van der Waals surface area (Å²) < 4.78 is 5.59. The van der Waals surface area contributed by atoms with Crippen LogP contribution in [-0.4, -0.2) is 36.2 Å². The van der Waals surface area contributed by atoms with Crippen molar-refractivity contribution >= 4 is 5.78 Å². The summed E-state index contributed by atoms with van der Waals surface area (Å²) in [6, 6.07) is 7.69. The van der Waals surface area contributed by atoms with Gasteiger partial charge in [-0.15, -0.1) is 0 Å². The van der Waals surface area contributed by atoms with Crippen LogP contribution in [0.2, 0.25) is 0 Å². The Morgan fingerprint density at radius 2 is 2.00 bits per heavy atom. The lowest BCUT2D eigenvalue weighted by molar-refractivity contribution is -0.703. The van der Waals surface area contributed by atoms with Crippen molar-refractivity contribution in [2.24, 2.45) is 5.92 Å². The Labute approximate surface area is 132 Å². The second-order valence-electron chi connectivity index (χ2n) is 6.44. The summed E-state index contributed by atoms with van der Waals surface area (Å²) in [4.78, 5) is 11.2. The number of carbonyl (C=O) groups excluding carboxylic acids is 1. The summed E-state index contributed by atoms with van der Waals surface area (Å²) in [5.41, 5.74) is 0.674. The molecule has 122 valence electrons. The summed E-state index contributed by atoms with van der Waals surface area (Å²) in [6.45, 7) is 4.82. The Bertz CT molecular complexity index is 472. The highest BCUT2D eigenvalue weighted by atomic mass is 16.5. The Morgan fingerprint density at radius 3 is 2.64 bits per heavy atom. The Hall–Kier alpha value is -1.39. The minimum atomic E-state index is -0.471. The van der Waals surface area contributed by atoms with Gasteiger partial charge in [-0.05, 0) is 50.5 Å². The highest BCUT2D eigenvalue weighted by Gasteiger charge is 2.24. The molecule has 0 heterocycles. The van der Waals surface area contributed by atoms with Crippen LogP contribution >= 0.6 is 0 Å². The van der Waals surface area contributed by atoms with Crippen molar-refractivity contribution < 1.29 is 20.0 Å². The molecule has 0 radical (unpaired) electrons. The first-order valence-corrected chi connectivity index (χ1v) is 8.31. The van der Waals surface area contributed by atoms with Gasteiger partial charge in [0.2, 0.25) is 0 Å². The minimum Gasteiger partial charge on any atom is -0.491 e. The van der Waals surface area contributed by atoms with E-state index in [2.05, 4.69) is 12.2 Å². The third-order valence-electron chi connectivity index (χ3n) is 4.59. The standard InChI is InChI=1S/C18H27NO3/c1-13-5-3-4-6-18(13)19-11-16(21)12-22-17-9-7-15(8-10-17)14(2)20/h7-10,13,16,18-19,21H,3-6,11-12H2,1-2H3/p+1/t13-,16-,18+/m0/s1. The molecule has 22 heavy (non-hydrogen) atoms. The number of benzene rings is 1. The van der Waals surface area contributed by atoms with Gasteiger partial charge in [-0.1, -0.05) is 13.3 Å². The number of nitrogens with two attached hydrogens (primary N) is 1. The number of aliphatic hydroxyl groups is 1. The molecule has 1 aromatic rings. The van der Waals surface area contributed by atoms with Crippen LogP contribution < -0.4 is 10.1 Å². The lowest BCUT2D eigenvalue weighted by Crippen LogP contribution is -2.93. The van der Waals surface area contributed by atoms with Gasteiger partial charge in [0.1, 0.15) is 25.0 Å². The maximum absolute atomic E-state index is 11.2. The third-order valence-corrected chi connectivity index (χ3v) is 4.59. The van der Waals surface area contributed by atoms with Crippen LogP contribution in [0.25, 0.3) is 0 Å². The molecular formula is C18H28NO3+. The number of aliphatic hydroxyl groups excluding tert-OH is 1. The number of quaternary nitrogens is 1. The van der Waals surface area contributed by atoms with Crippen molar-refractivity contribution in [2.45, 2.75) is 51.7 Å². The Balaban J connectivity index is 1.70. The van der Waals surface area contributed by atoms with Crippen molar-refractivity contribution in [3.05, 3.63) is 29.8 Å². The van der Waals surface area contributed by atoms with E-state index in [1.165, 1.54) is 25.7 Å². The second kappa shape index (κ2) is 8.30. The van der Waals surface area contributed by atoms with Gasteiger partial charge in [-0.25, -0.2) is 0 Å². The van der Waals surface area contributed by atoms with E-state index >= 15 is 0 Å². The summed E-state index contributed by atoms with van der Waals surface area (Å²) in [7, 11) is 0. The minimum absolute atomic E-state index is 0.0442. The average molecular weight is 306 g/mol. The zero-order valence-corrected chi connectivity index (χ0v) is 13.6. The quantitative estimate of drug-likeness (QED) is 0.755. The van der Waals surface area contributed by atoms with Crippen LogP contribution in [0.15, 0.2) is 24.3 Å². The zero-order valence-electron chi connectivity index (χ0n) is 13.6. The number of Topliss-reactive ketones (excluding diaryl/α,β-unsaturated/α-hetero) is 1. The fraction of sp³-hybridized carbons (Fsp3) is 0.611. The van der Waals surface area contributed by atoms with Gasteiger partial charge in [0.25, 0.3) is 0 Å². The first kappa shape index (κ1) is 17.0. The van der Waals surface area contributed by atoms with E-state index in [4.69, 9.17) is 4.74 Å². The number of ether oxygens (including phenoxy) is 1. The predicted molar refractivity (Wildman–Crippen MR) is 86.2 cm³/mol. The molecule has 2 rings (SSSR count). The Morgan fingerprint density at radius 1 is 1.32 bits per heavy atom. The van der Waals surface area contributed by atoms with E-state index in [0.717, 1.165) is 5.92 Å². The largest absolute Gasteiger partial charge is 0.491 e. The molecule has 1 aromatic carbocycles. The van der Waals surface area contributed by atoms with Crippen LogP contribution in [0, 0.1) is 5.92 Å². The van der Waals surface area contributed by atoms with Crippen LogP contribution in [0.4, 0.5) is 0 Å². The van der Waals surface area contributed by atoms with Crippen LogP contribution in [0.1, 0.15) is 49.9 Å². The molecule has 0 unspecified atom stereocenters. The van der Waals surface area contributed by atoms with Gasteiger partial charge in [-0.2, -0.15) is 0 Å². The van der Waals surface area contributed by atoms with Crippen molar-refractivity contribution in [1.82, 2.24) is 0 Å². The van der Waals surface area contributed by atoms with Gasteiger partial charge >= 0.3 is 0 Å². The molecule has 0 amide bonds. The van der Waals surface area contributed by atoms with Crippen LogP contribution in [-0.2, 0) is 0 Å². The summed E-state index contributed by atoms with van der Waals surface area (Å²) >= 11 is 0. The van der Waals surface area contributed by atoms with Gasteiger partial charge in [0, 0.05) is 11.5 Å². The van der Waals surface area contributed by atoms with E-state index < -0.39 is 6.10 Å². The van der Waals surface area contributed by atoms with Gasteiger partial charge in [0.15, 0.2) is 5.78 Å². The molecule has 1 fully saturated rings. The first-order chi connectivity index (χ1) is 10.6. The zero-order chi connectivity index (χ0) is 15.9. The number of hydrogen-bond acceptors (Lipinski definition) is 3. The molecule has 0 saturated heterocycles. The van der Waals surface area contributed by atoms with Crippen molar-refractivity contribution in [1.29, 1.82) is 0 Å². The lowest BCUT2D eigenvalue weighted by atomic mass is 9.86. The summed E-state index contributed by atoms with van der Waals surface area (Å²) in [6.07, 6.45) is 4.73. The molecule has 4 nitrogen and oxygen atoms in total. The average Bonchev–Trinajstić information content (AvgIpc) is 2.52. The molecule has 0 bridgehead atoms. The smallest absolute Gasteiger partial charge is 0.159 e. The molecule has 0 aromatic heterocycles. The normalized spacial score (nSPS) is 23.0. The first-order valence-electron chi connectivity index (χ1n) is 8.31. The molecule has 1 aliphatic carbocycles. The molecule has 4 heteroatoms. The monoisotopic (exact) mass is 306 g/mol. The van der Waals surface area contributed by atoms with Crippen LogP contribution in [0.3, 0.4) is 0 Å². The van der Waals surface area contributed by atoms with E-state index in [9.17, 15) is 9.90 Å². The van der Waals surface area contributed by atoms with E-state index in [1.54, 1.807) is 31.2 Å². The number of carbonyl (C=O) groups is 1. The van der Waals surface area contributed by atoms with Crippen molar-refractivity contribution in [3.63, 3.8) is 0 Å². The molecule has 1 aliphatic rings. The highest BCUT2D eigenvalue weighted by Crippen LogP contribution is 2.21. The van der Waals surface area contributed by atoms with Gasteiger partial charge in [0.05, 0.1) is 6.04 Å². The summed E-state index contributed by atoms with van der Waals surface area (Å²) in [5.74, 6) is 1.47. The maximum atomic E-state index is 11.2. The molecule has 0 aliphatic heterocycles. The molecular weight excluding hydrogens is 278 g/mol.